The molecule has 17 nitrogen and oxygen atoms in total. The van der Waals surface area contributed by atoms with Gasteiger partial charge in [-0.05, 0) is 19.1 Å². The van der Waals surface area contributed by atoms with Gasteiger partial charge < -0.3 is 79.5 Å². The molecule has 17 heteroatoms. The summed E-state index contributed by atoms with van der Waals surface area (Å²) in [5.41, 5.74) is -1.74. The van der Waals surface area contributed by atoms with Crippen molar-refractivity contribution in [3.8, 4) is 45.8 Å². The molecule has 10 atom stereocenters. The molecule has 240 valence electrons. The second-order valence-corrected chi connectivity index (χ2v) is 10.4. The number of phenolic OH excluding ortho intramolecular Hbond substituents is 4. The molecule has 1 aromatic heterocycles. The third kappa shape index (κ3) is 5.45. The van der Waals surface area contributed by atoms with E-state index in [1.165, 1.54) is 6.92 Å². The summed E-state index contributed by atoms with van der Waals surface area (Å²) in [6.07, 6.45) is -16.7. The van der Waals surface area contributed by atoms with E-state index in [2.05, 4.69) is 0 Å². The topological polar surface area (TPSA) is 290 Å². The molecular formula is C27H30O17. The summed E-state index contributed by atoms with van der Waals surface area (Å²) in [5, 5.41) is 112. The standard InChI is InChI=1S/C27H30O17/c1-7-16(32)20(36)22(38)26(40-7)44-25-19(35)15-10(30)4-9(29)5-12(15)41-24(25)8-2-11(31)17(33)13(3-8)42-27-23(39)21(37)18(34)14(6-28)43-27/h2-5,7,14,16,18,20-23,26-34,36-39H,6H2,1H3/t7-,14+,16-,18+,20+,21-,22-,23+,26-,27+/m0/s1. The van der Waals surface area contributed by atoms with Crippen LogP contribution in [0, 0.1) is 0 Å². The number of aliphatic hydroxyl groups is 7. The summed E-state index contributed by atoms with van der Waals surface area (Å²) in [7, 11) is 0. The quantitative estimate of drug-likeness (QED) is 0.128. The van der Waals surface area contributed by atoms with Crippen LogP contribution in [0.3, 0.4) is 0 Å². The lowest BCUT2D eigenvalue weighted by Crippen LogP contribution is -2.60. The molecule has 2 aliphatic heterocycles. The summed E-state index contributed by atoms with van der Waals surface area (Å²) >= 11 is 0. The monoisotopic (exact) mass is 626 g/mol. The Balaban J connectivity index is 1.63. The summed E-state index contributed by atoms with van der Waals surface area (Å²) in [6, 6.07) is 3.67. The van der Waals surface area contributed by atoms with Gasteiger partial charge in [-0.15, -0.1) is 0 Å². The van der Waals surface area contributed by atoms with Gasteiger partial charge in [0.15, 0.2) is 17.3 Å². The van der Waals surface area contributed by atoms with Crippen molar-refractivity contribution in [2.75, 3.05) is 6.61 Å². The Hall–Kier alpha value is -3.91. The molecule has 0 amide bonds. The van der Waals surface area contributed by atoms with Crippen molar-refractivity contribution in [1.82, 2.24) is 0 Å². The first kappa shape index (κ1) is 31.5. The highest BCUT2D eigenvalue weighted by molar-refractivity contribution is 5.88. The predicted molar refractivity (Wildman–Crippen MR) is 142 cm³/mol. The number of hydrogen-bond acceptors (Lipinski definition) is 17. The third-order valence-electron chi connectivity index (χ3n) is 7.37. The van der Waals surface area contributed by atoms with Gasteiger partial charge in [0.05, 0.1) is 12.7 Å². The summed E-state index contributed by atoms with van der Waals surface area (Å²) in [4.78, 5) is 13.6. The Morgan fingerprint density at radius 3 is 2.05 bits per heavy atom. The number of hydrogen-bond donors (Lipinski definition) is 11. The van der Waals surface area contributed by atoms with E-state index < -0.39 is 119 Å². The van der Waals surface area contributed by atoms with Crippen molar-refractivity contribution >= 4 is 11.0 Å². The molecule has 0 saturated carbocycles. The van der Waals surface area contributed by atoms with Crippen LogP contribution in [0.25, 0.3) is 22.3 Å². The summed E-state index contributed by atoms with van der Waals surface area (Å²) in [6.45, 7) is 0.569. The number of aromatic hydroxyl groups is 4. The van der Waals surface area contributed by atoms with Crippen molar-refractivity contribution in [2.45, 2.75) is 68.3 Å². The van der Waals surface area contributed by atoms with Gasteiger partial charge in [-0.3, -0.25) is 4.79 Å². The fourth-order valence-electron chi connectivity index (χ4n) is 4.90. The molecule has 0 radical (unpaired) electrons. The van der Waals surface area contributed by atoms with E-state index in [4.69, 9.17) is 23.4 Å². The van der Waals surface area contributed by atoms with Gasteiger partial charge in [0.1, 0.15) is 65.2 Å². The van der Waals surface area contributed by atoms with Gasteiger partial charge in [-0.2, -0.15) is 0 Å². The smallest absolute Gasteiger partial charge is 0.239 e. The lowest BCUT2D eigenvalue weighted by atomic mass is 9.99. The van der Waals surface area contributed by atoms with Gasteiger partial charge in [0.2, 0.25) is 29.5 Å². The molecule has 0 aliphatic carbocycles. The van der Waals surface area contributed by atoms with Gasteiger partial charge in [0.25, 0.3) is 0 Å². The average molecular weight is 627 g/mol. The van der Waals surface area contributed by atoms with E-state index in [0.29, 0.717) is 0 Å². The van der Waals surface area contributed by atoms with E-state index in [1.54, 1.807) is 0 Å². The van der Waals surface area contributed by atoms with Crippen molar-refractivity contribution in [3.63, 3.8) is 0 Å². The highest BCUT2D eigenvalue weighted by atomic mass is 16.7. The first-order chi connectivity index (χ1) is 20.7. The molecule has 2 saturated heterocycles. The first-order valence-corrected chi connectivity index (χ1v) is 13.2. The molecular weight excluding hydrogens is 596 g/mol. The molecule has 5 rings (SSSR count). The largest absolute Gasteiger partial charge is 0.508 e. The normalized spacial score (nSPS) is 32.5. The second-order valence-electron chi connectivity index (χ2n) is 10.4. The molecule has 2 aromatic carbocycles. The minimum absolute atomic E-state index is 0.282. The molecule has 0 bridgehead atoms. The fraction of sp³-hybridized carbons (Fsp3) is 0.444. The minimum atomic E-state index is -1.91. The van der Waals surface area contributed by atoms with Crippen LogP contribution < -0.4 is 14.9 Å². The van der Waals surface area contributed by atoms with Crippen LogP contribution in [0.1, 0.15) is 6.92 Å². The summed E-state index contributed by atoms with van der Waals surface area (Å²) < 4.78 is 27.6. The van der Waals surface area contributed by atoms with Crippen LogP contribution in [0.2, 0.25) is 0 Å². The third-order valence-corrected chi connectivity index (χ3v) is 7.37. The maximum absolute atomic E-state index is 13.6. The molecule has 44 heavy (non-hydrogen) atoms. The van der Waals surface area contributed by atoms with E-state index in [1.807, 2.05) is 0 Å². The zero-order valence-electron chi connectivity index (χ0n) is 22.7. The number of phenols is 4. The molecule has 3 heterocycles. The highest BCUT2D eigenvalue weighted by Crippen LogP contribution is 2.44. The zero-order valence-corrected chi connectivity index (χ0v) is 22.7. The van der Waals surface area contributed by atoms with E-state index in [9.17, 15) is 61.0 Å². The maximum atomic E-state index is 13.6. The SMILES string of the molecule is C[C@@H]1O[C@@H](Oc2c(-c3cc(O)c(O)c(O[C@@H]4O[C@H](CO)[C@@H](O)[C@H](O)[C@H]4O)c3)oc3cc(O)cc(O)c3c2=O)[C@@H](O)[C@H](O)[C@H]1O. The number of benzene rings is 2. The number of rotatable bonds is 6. The lowest BCUT2D eigenvalue weighted by Gasteiger charge is -2.39. The molecule has 2 fully saturated rings. The molecule has 0 spiro atoms. The second kappa shape index (κ2) is 11.9. The maximum Gasteiger partial charge on any atom is 0.239 e. The van der Waals surface area contributed by atoms with Crippen LogP contribution >= 0.6 is 0 Å². The van der Waals surface area contributed by atoms with Crippen LogP contribution in [0.15, 0.2) is 33.5 Å². The Labute approximate surface area is 246 Å². The zero-order chi connectivity index (χ0) is 32.2. The Morgan fingerprint density at radius 2 is 1.39 bits per heavy atom. The van der Waals surface area contributed by atoms with Gasteiger partial charge >= 0.3 is 0 Å². The molecule has 11 N–H and O–H groups in total. The van der Waals surface area contributed by atoms with Crippen LogP contribution in [-0.4, -0.2) is 124 Å². The number of aliphatic hydroxyl groups excluding tert-OH is 7. The number of fused-ring (bicyclic) bond motifs is 1. The van der Waals surface area contributed by atoms with Crippen LogP contribution in [0.5, 0.6) is 34.5 Å². The van der Waals surface area contributed by atoms with E-state index >= 15 is 0 Å². The highest BCUT2D eigenvalue weighted by Gasteiger charge is 2.46. The molecule has 0 unspecified atom stereocenters. The van der Waals surface area contributed by atoms with E-state index in [-0.39, 0.29) is 11.1 Å². The lowest BCUT2D eigenvalue weighted by molar-refractivity contribution is -0.277. The predicted octanol–water partition coefficient (Wildman–Crippen LogP) is -2.33. The molecule has 2 aliphatic rings. The van der Waals surface area contributed by atoms with Crippen LogP contribution in [-0.2, 0) is 9.47 Å². The Morgan fingerprint density at radius 1 is 0.750 bits per heavy atom. The first-order valence-electron chi connectivity index (χ1n) is 13.2. The van der Waals surface area contributed by atoms with Crippen molar-refractivity contribution in [1.29, 1.82) is 0 Å². The van der Waals surface area contributed by atoms with Crippen molar-refractivity contribution in [2.24, 2.45) is 0 Å². The van der Waals surface area contributed by atoms with Gasteiger partial charge in [-0.1, -0.05) is 0 Å². The summed E-state index contributed by atoms with van der Waals surface area (Å²) in [5.74, 6) is -4.96. The van der Waals surface area contributed by atoms with Gasteiger partial charge in [-0.25, -0.2) is 0 Å². The van der Waals surface area contributed by atoms with Crippen molar-refractivity contribution < 1.29 is 79.5 Å². The Kier molecular flexibility index (Phi) is 8.51. The average Bonchev–Trinajstić information content (AvgIpc) is 2.97. The molecule has 3 aromatic rings. The van der Waals surface area contributed by atoms with Crippen molar-refractivity contribution in [3.05, 3.63) is 34.5 Å². The van der Waals surface area contributed by atoms with Crippen LogP contribution in [0.4, 0.5) is 0 Å². The number of ether oxygens (including phenoxy) is 4. The minimum Gasteiger partial charge on any atom is -0.508 e. The Bertz CT molecular complexity index is 1590. The van der Waals surface area contributed by atoms with Gasteiger partial charge in [0, 0.05) is 17.7 Å². The fourth-order valence-corrected chi connectivity index (χ4v) is 4.90. The van der Waals surface area contributed by atoms with E-state index in [0.717, 1.165) is 24.3 Å².